The number of rotatable bonds is 2. The van der Waals surface area contributed by atoms with Gasteiger partial charge in [0.2, 0.25) is 0 Å². The van der Waals surface area contributed by atoms with Crippen molar-refractivity contribution in [3.63, 3.8) is 0 Å². The summed E-state index contributed by atoms with van der Waals surface area (Å²) in [5, 5.41) is 6.85. The van der Waals surface area contributed by atoms with Crippen LogP contribution in [0.1, 0.15) is 64.2 Å². The summed E-state index contributed by atoms with van der Waals surface area (Å²) >= 11 is 0. The van der Waals surface area contributed by atoms with Gasteiger partial charge >= 0.3 is 11.8 Å². The minimum absolute atomic E-state index is 0.170. The third-order valence-corrected chi connectivity index (χ3v) is 3.89. The lowest BCUT2D eigenvalue weighted by Crippen LogP contribution is -2.42. The van der Waals surface area contributed by atoms with Crippen LogP contribution in [0.25, 0.3) is 0 Å². The SMILES string of the molecule is O=C(NN=C1CCCCCC1)C(=O)NC1CCCC1. The van der Waals surface area contributed by atoms with Crippen molar-refractivity contribution in [1.82, 2.24) is 10.7 Å². The number of nitrogens with zero attached hydrogens (tertiary/aromatic N) is 1. The van der Waals surface area contributed by atoms with E-state index in [9.17, 15) is 9.59 Å². The molecule has 0 saturated heterocycles. The zero-order valence-corrected chi connectivity index (χ0v) is 11.4. The molecule has 0 bridgehead atoms. The highest BCUT2D eigenvalue weighted by Crippen LogP contribution is 2.17. The van der Waals surface area contributed by atoms with Gasteiger partial charge in [-0.3, -0.25) is 9.59 Å². The fourth-order valence-corrected chi connectivity index (χ4v) is 2.75. The molecule has 0 aromatic rings. The second kappa shape index (κ2) is 7.26. The fourth-order valence-electron chi connectivity index (χ4n) is 2.75. The molecule has 2 aliphatic carbocycles. The minimum atomic E-state index is -0.636. The molecule has 0 spiro atoms. The first-order chi connectivity index (χ1) is 9.25. The maximum Gasteiger partial charge on any atom is 0.329 e. The summed E-state index contributed by atoms with van der Waals surface area (Å²) in [6, 6.07) is 0.170. The predicted molar refractivity (Wildman–Crippen MR) is 73.7 cm³/mol. The number of carbonyl (C=O) groups is 2. The second-order valence-corrected chi connectivity index (χ2v) is 5.49. The molecule has 2 fully saturated rings. The van der Waals surface area contributed by atoms with Crippen LogP contribution in [0.2, 0.25) is 0 Å². The van der Waals surface area contributed by atoms with Crippen molar-refractivity contribution in [3.05, 3.63) is 0 Å². The van der Waals surface area contributed by atoms with E-state index in [1.165, 1.54) is 12.8 Å². The van der Waals surface area contributed by atoms with E-state index in [1.807, 2.05) is 0 Å². The monoisotopic (exact) mass is 265 g/mol. The van der Waals surface area contributed by atoms with Crippen molar-refractivity contribution in [1.29, 1.82) is 0 Å². The summed E-state index contributed by atoms with van der Waals surface area (Å²) < 4.78 is 0. The van der Waals surface area contributed by atoms with Crippen LogP contribution in [0.3, 0.4) is 0 Å². The van der Waals surface area contributed by atoms with Gasteiger partial charge in [0.15, 0.2) is 0 Å². The van der Waals surface area contributed by atoms with Crippen LogP contribution >= 0.6 is 0 Å². The normalized spacial score (nSPS) is 20.7. The molecule has 2 rings (SSSR count). The summed E-state index contributed by atoms with van der Waals surface area (Å²) in [6.07, 6.45) is 10.8. The van der Waals surface area contributed by atoms with Gasteiger partial charge in [-0.05, 0) is 38.5 Å². The molecule has 2 saturated carbocycles. The Morgan fingerprint density at radius 2 is 1.53 bits per heavy atom. The Labute approximate surface area is 114 Å². The number of carbonyl (C=O) groups excluding carboxylic acids is 2. The lowest BCUT2D eigenvalue weighted by molar-refractivity contribution is -0.139. The second-order valence-electron chi connectivity index (χ2n) is 5.49. The number of hydrogen-bond donors (Lipinski definition) is 2. The first kappa shape index (κ1) is 14.0. The van der Waals surface area contributed by atoms with E-state index in [0.717, 1.165) is 57.1 Å². The number of hydrazone groups is 1. The number of hydrogen-bond acceptors (Lipinski definition) is 3. The lowest BCUT2D eigenvalue weighted by Gasteiger charge is -2.10. The molecule has 2 N–H and O–H groups in total. The van der Waals surface area contributed by atoms with Gasteiger partial charge in [0, 0.05) is 11.8 Å². The zero-order valence-electron chi connectivity index (χ0n) is 11.4. The average molecular weight is 265 g/mol. The van der Waals surface area contributed by atoms with Crippen LogP contribution in [0, 0.1) is 0 Å². The summed E-state index contributed by atoms with van der Waals surface area (Å²) in [5.41, 5.74) is 3.40. The molecular formula is C14H23N3O2. The van der Waals surface area contributed by atoms with Crippen LogP contribution in [0.15, 0.2) is 5.10 Å². The molecule has 0 radical (unpaired) electrons. The van der Waals surface area contributed by atoms with E-state index in [2.05, 4.69) is 15.8 Å². The van der Waals surface area contributed by atoms with Crippen LogP contribution in [-0.2, 0) is 9.59 Å². The molecule has 106 valence electrons. The maximum atomic E-state index is 11.6. The van der Waals surface area contributed by atoms with Gasteiger partial charge in [0.1, 0.15) is 0 Å². The third-order valence-electron chi connectivity index (χ3n) is 3.89. The molecule has 5 heteroatoms. The van der Waals surface area contributed by atoms with Gasteiger partial charge in [-0.2, -0.15) is 5.10 Å². The van der Waals surface area contributed by atoms with Gasteiger partial charge in [-0.15, -0.1) is 0 Å². The zero-order chi connectivity index (χ0) is 13.5. The van der Waals surface area contributed by atoms with Crippen molar-refractivity contribution in [3.8, 4) is 0 Å². The summed E-state index contributed by atoms with van der Waals surface area (Å²) in [5.74, 6) is -1.19. The Bertz CT molecular complexity index is 350. The van der Waals surface area contributed by atoms with E-state index < -0.39 is 11.8 Å². The quantitative estimate of drug-likeness (QED) is 0.454. The van der Waals surface area contributed by atoms with Gasteiger partial charge in [0.25, 0.3) is 0 Å². The summed E-state index contributed by atoms with van der Waals surface area (Å²) in [4.78, 5) is 23.3. The molecule has 0 aliphatic heterocycles. The third kappa shape index (κ3) is 4.65. The largest absolute Gasteiger partial charge is 0.345 e. The lowest BCUT2D eigenvalue weighted by atomic mass is 10.2. The van der Waals surface area contributed by atoms with Crippen molar-refractivity contribution in [2.75, 3.05) is 0 Å². The molecule has 5 nitrogen and oxygen atoms in total. The molecule has 0 aromatic heterocycles. The molecular weight excluding hydrogens is 242 g/mol. The number of amides is 2. The summed E-state index contributed by atoms with van der Waals surface area (Å²) in [6.45, 7) is 0. The van der Waals surface area contributed by atoms with Crippen molar-refractivity contribution >= 4 is 17.5 Å². The van der Waals surface area contributed by atoms with E-state index in [-0.39, 0.29) is 6.04 Å². The minimum Gasteiger partial charge on any atom is -0.345 e. The van der Waals surface area contributed by atoms with Crippen molar-refractivity contribution in [2.24, 2.45) is 5.10 Å². The highest BCUT2D eigenvalue weighted by molar-refractivity contribution is 6.35. The smallest absolute Gasteiger partial charge is 0.329 e. The Morgan fingerprint density at radius 3 is 2.16 bits per heavy atom. The highest BCUT2D eigenvalue weighted by atomic mass is 16.2. The molecule has 0 unspecified atom stereocenters. The van der Waals surface area contributed by atoms with Crippen LogP contribution in [-0.4, -0.2) is 23.6 Å². The van der Waals surface area contributed by atoms with E-state index in [4.69, 9.17) is 0 Å². The van der Waals surface area contributed by atoms with Crippen LogP contribution in [0.4, 0.5) is 0 Å². The van der Waals surface area contributed by atoms with Gasteiger partial charge < -0.3 is 5.32 Å². The molecule has 0 aromatic carbocycles. The van der Waals surface area contributed by atoms with E-state index in [1.54, 1.807) is 0 Å². The van der Waals surface area contributed by atoms with Gasteiger partial charge in [0.05, 0.1) is 0 Å². The highest BCUT2D eigenvalue weighted by Gasteiger charge is 2.21. The van der Waals surface area contributed by atoms with Crippen molar-refractivity contribution in [2.45, 2.75) is 70.3 Å². The molecule has 19 heavy (non-hydrogen) atoms. The molecule has 2 amide bonds. The Balaban J connectivity index is 1.75. The molecule has 2 aliphatic rings. The van der Waals surface area contributed by atoms with E-state index in [0.29, 0.717) is 0 Å². The average Bonchev–Trinajstić information content (AvgIpc) is 2.77. The Hall–Kier alpha value is -1.39. The standard InChI is InChI=1S/C14H23N3O2/c18-13(15-11-7-5-6-8-11)14(19)17-16-12-9-3-1-2-4-10-12/h11H,1-10H2,(H,15,18)(H,17,19). The summed E-state index contributed by atoms with van der Waals surface area (Å²) in [7, 11) is 0. The first-order valence-electron chi connectivity index (χ1n) is 7.42. The van der Waals surface area contributed by atoms with E-state index >= 15 is 0 Å². The fraction of sp³-hybridized carbons (Fsp3) is 0.786. The Kier molecular flexibility index (Phi) is 5.36. The van der Waals surface area contributed by atoms with Crippen LogP contribution in [0.5, 0.6) is 0 Å². The van der Waals surface area contributed by atoms with Gasteiger partial charge in [-0.1, -0.05) is 25.7 Å². The molecule has 0 atom stereocenters. The first-order valence-corrected chi connectivity index (χ1v) is 7.42. The molecule has 0 heterocycles. The Morgan fingerprint density at radius 1 is 0.895 bits per heavy atom. The van der Waals surface area contributed by atoms with Crippen molar-refractivity contribution < 1.29 is 9.59 Å². The van der Waals surface area contributed by atoms with Crippen LogP contribution < -0.4 is 10.7 Å². The number of nitrogens with one attached hydrogen (secondary N) is 2. The topological polar surface area (TPSA) is 70.6 Å². The van der Waals surface area contributed by atoms with Gasteiger partial charge in [-0.25, -0.2) is 5.43 Å². The predicted octanol–water partition coefficient (Wildman–Crippen LogP) is 1.87. The maximum absolute atomic E-state index is 11.6.